The van der Waals surface area contributed by atoms with Crippen LogP contribution in [0.1, 0.15) is 26.2 Å². The van der Waals surface area contributed by atoms with E-state index in [2.05, 4.69) is 16.7 Å². The number of likely N-dealkylation sites (tertiary alicyclic amines) is 1. The largest absolute Gasteiger partial charge is 0.481 e. The molecule has 1 fully saturated rings. The van der Waals surface area contributed by atoms with E-state index < -0.39 is 11.4 Å². The molecule has 4 nitrogen and oxygen atoms in total. The average molecular weight is 228 g/mol. The van der Waals surface area contributed by atoms with Crippen molar-refractivity contribution in [2.45, 2.75) is 26.2 Å². The lowest BCUT2D eigenvalue weighted by Crippen LogP contribution is -2.36. The van der Waals surface area contributed by atoms with Gasteiger partial charge in [-0.3, -0.25) is 4.79 Å². The van der Waals surface area contributed by atoms with Crippen molar-refractivity contribution in [2.24, 2.45) is 5.41 Å². The highest BCUT2D eigenvalue weighted by Crippen LogP contribution is 2.35. The van der Waals surface area contributed by atoms with Crippen LogP contribution in [0.25, 0.3) is 0 Å². The first-order chi connectivity index (χ1) is 7.50. The van der Waals surface area contributed by atoms with Gasteiger partial charge in [0.15, 0.2) is 0 Å². The monoisotopic (exact) mass is 228 g/mol. The predicted octanol–water partition coefficient (Wildman–Crippen LogP) is 1.12. The van der Waals surface area contributed by atoms with Crippen LogP contribution in [-0.2, 0) is 4.79 Å². The maximum absolute atomic E-state index is 11.4. The van der Waals surface area contributed by atoms with Gasteiger partial charge in [-0.25, -0.2) is 0 Å². The van der Waals surface area contributed by atoms with Gasteiger partial charge >= 0.3 is 5.97 Å². The maximum atomic E-state index is 11.4. The summed E-state index contributed by atoms with van der Waals surface area (Å²) in [6.45, 7) is 5.70. The van der Waals surface area contributed by atoms with Gasteiger partial charge in [-0.05, 0) is 33.5 Å². The Kier molecular flexibility index (Phi) is 4.74. The van der Waals surface area contributed by atoms with Crippen LogP contribution >= 0.6 is 0 Å². The van der Waals surface area contributed by atoms with Crippen molar-refractivity contribution >= 4 is 5.97 Å². The highest BCUT2D eigenvalue weighted by atomic mass is 16.4. The Balaban J connectivity index is 2.50. The van der Waals surface area contributed by atoms with E-state index in [1.165, 1.54) is 0 Å². The topological polar surface area (TPSA) is 43.8 Å². The minimum Gasteiger partial charge on any atom is -0.481 e. The fraction of sp³-hybridized carbons (Fsp3) is 0.917. The molecular formula is C12H24N2O2. The summed E-state index contributed by atoms with van der Waals surface area (Å²) in [6, 6.07) is 0. The Morgan fingerprint density at radius 3 is 2.69 bits per heavy atom. The summed E-state index contributed by atoms with van der Waals surface area (Å²) < 4.78 is 0. The Morgan fingerprint density at radius 1 is 1.50 bits per heavy atom. The molecule has 1 saturated heterocycles. The van der Waals surface area contributed by atoms with E-state index in [4.69, 9.17) is 0 Å². The van der Waals surface area contributed by atoms with Gasteiger partial charge in [0.2, 0.25) is 0 Å². The van der Waals surface area contributed by atoms with Crippen molar-refractivity contribution in [3.05, 3.63) is 0 Å². The van der Waals surface area contributed by atoms with Crippen LogP contribution in [0.3, 0.4) is 0 Å². The Bertz CT molecular complexity index is 243. The molecule has 0 aromatic carbocycles. The van der Waals surface area contributed by atoms with Crippen LogP contribution in [0.15, 0.2) is 0 Å². The summed E-state index contributed by atoms with van der Waals surface area (Å²) in [5.74, 6) is -0.610. The summed E-state index contributed by atoms with van der Waals surface area (Å²) in [7, 11) is 4.10. The molecule has 1 heterocycles. The third-order valence-corrected chi connectivity index (χ3v) is 3.48. The first-order valence-corrected chi connectivity index (χ1v) is 6.10. The molecule has 1 aliphatic heterocycles. The Hall–Kier alpha value is -0.610. The predicted molar refractivity (Wildman–Crippen MR) is 64.6 cm³/mol. The van der Waals surface area contributed by atoms with Gasteiger partial charge in [-0.2, -0.15) is 0 Å². The van der Waals surface area contributed by atoms with Gasteiger partial charge in [0.05, 0.1) is 5.41 Å². The quantitative estimate of drug-likeness (QED) is 0.740. The molecule has 16 heavy (non-hydrogen) atoms. The second-order valence-corrected chi connectivity index (χ2v) is 5.16. The van der Waals surface area contributed by atoms with Crippen LogP contribution in [-0.4, -0.2) is 61.2 Å². The number of aliphatic carboxylic acids is 1. The minimum atomic E-state index is -0.610. The van der Waals surface area contributed by atoms with Gasteiger partial charge in [-0.1, -0.05) is 13.3 Å². The Morgan fingerprint density at radius 2 is 2.19 bits per heavy atom. The summed E-state index contributed by atoms with van der Waals surface area (Å²) in [5, 5.41) is 9.35. The molecule has 0 aromatic rings. The number of likely N-dealkylation sites (N-methyl/N-ethyl adjacent to an activating group) is 1. The smallest absolute Gasteiger partial charge is 0.310 e. The average Bonchev–Trinajstić information content (AvgIpc) is 2.60. The van der Waals surface area contributed by atoms with E-state index in [1.54, 1.807) is 0 Å². The zero-order valence-corrected chi connectivity index (χ0v) is 10.7. The maximum Gasteiger partial charge on any atom is 0.310 e. The van der Waals surface area contributed by atoms with Crippen molar-refractivity contribution in [3.63, 3.8) is 0 Å². The van der Waals surface area contributed by atoms with E-state index in [0.29, 0.717) is 0 Å². The van der Waals surface area contributed by atoms with Crippen LogP contribution in [0.5, 0.6) is 0 Å². The van der Waals surface area contributed by atoms with E-state index in [-0.39, 0.29) is 0 Å². The molecule has 1 rings (SSSR count). The molecule has 0 saturated carbocycles. The lowest BCUT2D eigenvalue weighted by atomic mass is 9.83. The van der Waals surface area contributed by atoms with Gasteiger partial charge in [-0.15, -0.1) is 0 Å². The fourth-order valence-electron chi connectivity index (χ4n) is 2.45. The van der Waals surface area contributed by atoms with Gasteiger partial charge < -0.3 is 14.9 Å². The van der Waals surface area contributed by atoms with Crippen molar-refractivity contribution in [3.8, 4) is 0 Å². The first-order valence-electron chi connectivity index (χ1n) is 6.10. The number of nitrogens with zero attached hydrogens (tertiary/aromatic N) is 2. The highest BCUT2D eigenvalue weighted by Gasteiger charge is 2.43. The van der Waals surface area contributed by atoms with Crippen LogP contribution in [0.4, 0.5) is 0 Å². The van der Waals surface area contributed by atoms with Crippen molar-refractivity contribution in [2.75, 3.05) is 40.3 Å². The van der Waals surface area contributed by atoms with Crippen molar-refractivity contribution in [1.82, 2.24) is 9.80 Å². The highest BCUT2D eigenvalue weighted by molar-refractivity contribution is 5.75. The molecule has 0 spiro atoms. The summed E-state index contributed by atoms with van der Waals surface area (Å²) >= 11 is 0. The molecule has 4 heteroatoms. The third kappa shape index (κ3) is 3.19. The molecular weight excluding hydrogens is 204 g/mol. The van der Waals surface area contributed by atoms with E-state index >= 15 is 0 Å². The van der Waals surface area contributed by atoms with E-state index in [0.717, 1.165) is 45.4 Å². The number of carboxylic acids is 1. The molecule has 0 bridgehead atoms. The minimum absolute atomic E-state index is 0.471. The molecule has 1 atom stereocenters. The number of carbonyl (C=O) groups is 1. The lowest BCUT2D eigenvalue weighted by Gasteiger charge is -2.24. The van der Waals surface area contributed by atoms with Gasteiger partial charge in [0, 0.05) is 19.6 Å². The fourth-order valence-corrected chi connectivity index (χ4v) is 2.45. The van der Waals surface area contributed by atoms with E-state index in [9.17, 15) is 9.90 Å². The van der Waals surface area contributed by atoms with Crippen LogP contribution in [0, 0.1) is 5.41 Å². The third-order valence-electron chi connectivity index (χ3n) is 3.48. The summed E-state index contributed by atoms with van der Waals surface area (Å²) in [5.41, 5.74) is -0.471. The SMILES string of the molecule is CCCC1(C(=O)O)CCN(CCN(C)C)C1. The molecule has 1 aliphatic rings. The summed E-state index contributed by atoms with van der Waals surface area (Å²) in [6.07, 6.45) is 2.57. The van der Waals surface area contributed by atoms with Gasteiger partial charge in [0.25, 0.3) is 0 Å². The number of rotatable bonds is 6. The van der Waals surface area contributed by atoms with Crippen molar-refractivity contribution < 1.29 is 9.90 Å². The second-order valence-electron chi connectivity index (χ2n) is 5.16. The normalized spacial score (nSPS) is 26.5. The van der Waals surface area contributed by atoms with Crippen LogP contribution in [0.2, 0.25) is 0 Å². The molecule has 0 radical (unpaired) electrons. The van der Waals surface area contributed by atoms with Crippen molar-refractivity contribution in [1.29, 1.82) is 0 Å². The number of hydrogen-bond acceptors (Lipinski definition) is 3. The van der Waals surface area contributed by atoms with Crippen LogP contribution < -0.4 is 0 Å². The Labute approximate surface area is 98.2 Å². The molecule has 94 valence electrons. The second kappa shape index (κ2) is 5.64. The molecule has 0 aromatic heterocycles. The number of hydrogen-bond donors (Lipinski definition) is 1. The molecule has 0 aliphatic carbocycles. The zero-order valence-electron chi connectivity index (χ0n) is 10.7. The number of carboxylic acid groups (broad SMARTS) is 1. The molecule has 1 N–H and O–H groups in total. The molecule has 0 amide bonds. The summed E-state index contributed by atoms with van der Waals surface area (Å²) in [4.78, 5) is 15.8. The molecule has 1 unspecified atom stereocenters. The van der Waals surface area contributed by atoms with Gasteiger partial charge in [0.1, 0.15) is 0 Å². The lowest BCUT2D eigenvalue weighted by molar-refractivity contribution is -0.148. The first kappa shape index (κ1) is 13.5. The zero-order chi connectivity index (χ0) is 12.2. The van der Waals surface area contributed by atoms with E-state index in [1.807, 2.05) is 14.1 Å². The standard InChI is InChI=1S/C12H24N2O2/c1-4-5-12(11(15)16)6-7-14(10-12)9-8-13(2)3/h4-10H2,1-3H3,(H,15,16).